The van der Waals surface area contributed by atoms with E-state index in [9.17, 15) is 18.4 Å². The summed E-state index contributed by atoms with van der Waals surface area (Å²) in [4.78, 5) is 24.4. The molecule has 0 fully saturated rings. The zero-order chi connectivity index (χ0) is 17.3. The van der Waals surface area contributed by atoms with Crippen LogP contribution in [-0.2, 0) is 4.74 Å². The average molecular weight is 346 g/mol. The molecule has 6 heteroatoms. The highest BCUT2D eigenvalue weighted by atomic mass is 32.1. The Morgan fingerprint density at radius 1 is 1.04 bits per heavy atom. The third kappa shape index (κ3) is 2.92. The van der Waals surface area contributed by atoms with Gasteiger partial charge in [-0.15, -0.1) is 11.3 Å². The zero-order valence-electron chi connectivity index (χ0n) is 12.6. The molecule has 0 aliphatic rings. The molecule has 0 N–H and O–H groups in total. The van der Waals surface area contributed by atoms with E-state index in [-0.39, 0.29) is 10.4 Å². The predicted molar refractivity (Wildman–Crippen MR) is 87.5 cm³/mol. The molecule has 3 rings (SSSR count). The highest BCUT2D eigenvalue weighted by Crippen LogP contribution is 2.33. The summed E-state index contributed by atoms with van der Waals surface area (Å²) in [6.07, 6.45) is 0. The summed E-state index contributed by atoms with van der Waals surface area (Å²) in [5.41, 5.74) is 0.334. The van der Waals surface area contributed by atoms with Gasteiger partial charge in [-0.1, -0.05) is 18.2 Å². The van der Waals surface area contributed by atoms with Crippen LogP contribution in [0.1, 0.15) is 25.6 Å². The molecule has 0 saturated carbocycles. The molecule has 0 amide bonds. The van der Waals surface area contributed by atoms with Crippen molar-refractivity contribution in [1.29, 1.82) is 0 Å². The number of rotatable bonds is 4. The smallest absolute Gasteiger partial charge is 0.349 e. The van der Waals surface area contributed by atoms with Crippen LogP contribution in [0.2, 0.25) is 0 Å². The topological polar surface area (TPSA) is 43.4 Å². The van der Waals surface area contributed by atoms with Gasteiger partial charge in [-0.25, -0.2) is 13.6 Å². The van der Waals surface area contributed by atoms with Gasteiger partial charge in [0, 0.05) is 10.1 Å². The number of carbonyl (C=O) groups is 2. The zero-order valence-corrected chi connectivity index (χ0v) is 13.5. The highest BCUT2D eigenvalue weighted by Gasteiger charge is 2.20. The number of aryl methyl sites for hydroxylation is 1. The first-order chi connectivity index (χ1) is 11.5. The number of thiophene rings is 1. The van der Waals surface area contributed by atoms with Crippen LogP contribution in [-0.4, -0.2) is 18.4 Å². The van der Waals surface area contributed by atoms with Gasteiger partial charge in [0.05, 0.1) is 5.56 Å². The van der Waals surface area contributed by atoms with E-state index < -0.39 is 30.0 Å². The molecular weight excluding hydrogens is 334 g/mol. The molecule has 1 aromatic heterocycles. The van der Waals surface area contributed by atoms with Crippen molar-refractivity contribution in [2.24, 2.45) is 0 Å². The van der Waals surface area contributed by atoms with Crippen molar-refractivity contribution in [2.45, 2.75) is 6.92 Å². The number of benzene rings is 2. The molecule has 0 unspecified atom stereocenters. The molecule has 0 aliphatic carbocycles. The van der Waals surface area contributed by atoms with E-state index >= 15 is 0 Å². The molecule has 0 radical (unpaired) electrons. The molecule has 0 bridgehead atoms. The molecule has 0 atom stereocenters. The molecule has 24 heavy (non-hydrogen) atoms. The van der Waals surface area contributed by atoms with Crippen LogP contribution >= 0.6 is 11.3 Å². The van der Waals surface area contributed by atoms with E-state index in [0.29, 0.717) is 15.6 Å². The van der Waals surface area contributed by atoms with Crippen LogP contribution in [0.5, 0.6) is 0 Å². The number of Topliss-reactive ketones (excluding diaryl/α,β-unsaturated/α-hetero) is 1. The van der Waals surface area contributed by atoms with E-state index in [1.54, 1.807) is 19.1 Å². The lowest BCUT2D eigenvalue weighted by Gasteiger charge is -2.04. The first kappa shape index (κ1) is 16.3. The Balaban J connectivity index is 1.79. The maximum atomic E-state index is 13.9. The van der Waals surface area contributed by atoms with Gasteiger partial charge in [0.1, 0.15) is 16.5 Å². The number of ketones is 1. The molecule has 0 aliphatic heterocycles. The minimum Gasteiger partial charge on any atom is -0.453 e. The van der Waals surface area contributed by atoms with Crippen molar-refractivity contribution >= 4 is 33.2 Å². The van der Waals surface area contributed by atoms with Gasteiger partial charge in [0.25, 0.3) is 0 Å². The monoisotopic (exact) mass is 346 g/mol. The van der Waals surface area contributed by atoms with Crippen molar-refractivity contribution < 1.29 is 23.1 Å². The largest absolute Gasteiger partial charge is 0.453 e. The lowest BCUT2D eigenvalue weighted by molar-refractivity contribution is 0.0478. The second kappa shape index (κ2) is 6.49. The van der Waals surface area contributed by atoms with Gasteiger partial charge in [-0.05, 0) is 36.8 Å². The molecule has 3 aromatic rings. The van der Waals surface area contributed by atoms with Crippen molar-refractivity contribution in [3.8, 4) is 0 Å². The summed E-state index contributed by atoms with van der Waals surface area (Å²) in [5.74, 6) is -2.44. The number of ether oxygens (including phenoxy) is 1. The first-order valence-corrected chi connectivity index (χ1v) is 7.93. The molecule has 122 valence electrons. The van der Waals surface area contributed by atoms with Crippen LogP contribution in [0.15, 0.2) is 42.5 Å². The summed E-state index contributed by atoms with van der Waals surface area (Å²) in [5, 5.41) is 0.370. The average Bonchev–Trinajstić information content (AvgIpc) is 2.91. The number of fused-ring (bicyclic) bond motifs is 1. The summed E-state index contributed by atoms with van der Waals surface area (Å²) >= 11 is 1.10. The van der Waals surface area contributed by atoms with Crippen molar-refractivity contribution in [1.82, 2.24) is 0 Å². The van der Waals surface area contributed by atoms with Crippen LogP contribution in [0, 0.1) is 18.6 Å². The molecule has 1 heterocycles. The predicted octanol–water partition coefficient (Wildman–Crippen LogP) is 4.53. The van der Waals surface area contributed by atoms with Crippen molar-refractivity contribution in [2.75, 3.05) is 6.61 Å². The molecule has 0 saturated heterocycles. The summed E-state index contributed by atoms with van der Waals surface area (Å²) in [6, 6.07) is 10.1. The number of hydrogen-bond donors (Lipinski definition) is 0. The highest BCUT2D eigenvalue weighted by molar-refractivity contribution is 7.21. The van der Waals surface area contributed by atoms with E-state index in [2.05, 4.69) is 0 Å². The Bertz CT molecular complexity index is 947. The first-order valence-electron chi connectivity index (χ1n) is 7.11. The number of carbonyl (C=O) groups excluding carboxylic acids is 2. The second-order valence-electron chi connectivity index (χ2n) is 5.15. The fraction of sp³-hybridized carbons (Fsp3) is 0.111. The molecule has 2 aromatic carbocycles. The third-order valence-electron chi connectivity index (χ3n) is 3.60. The summed E-state index contributed by atoms with van der Waals surface area (Å²) in [7, 11) is 0. The van der Waals surface area contributed by atoms with Gasteiger partial charge in [0.15, 0.2) is 6.61 Å². The standard InChI is InChI=1S/C18H12F2O3S/c1-10-16-13(20)7-4-8-15(16)24-17(10)18(22)23-9-14(21)11-5-2-3-6-12(11)19/h2-8H,9H2,1H3. The van der Waals surface area contributed by atoms with E-state index in [0.717, 1.165) is 17.4 Å². The number of halogens is 2. The summed E-state index contributed by atoms with van der Waals surface area (Å²) in [6.45, 7) is 1.05. The van der Waals surface area contributed by atoms with Gasteiger partial charge in [-0.2, -0.15) is 0 Å². The van der Waals surface area contributed by atoms with E-state index in [1.807, 2.05) is 0 Å². The van der Waals surface area contributed by atoms with Gasteiger partial charge in [-0.3, -0.25) is 4.79 Å². The maximum absolute atomic E-state index is 13.9. The van der Waals surface area contributed by atoms with Gasteiger partial charge in [0.2, 0.25) is 5.78 Å². The van der Waals surface area contributed by atoms with Crippen molar-refractivity contribution in [3.05, 3.63) is 70.1 Å². The summed E-state index contributed by atoms with van der Waals surface area (Å²) < 4.78 is 33.0. The molecule has 3 nitrogen and oxygen atoms in total. The van der Waals surface area contributed by atoms with E-state index in [1.165, 1.54) is 24.3 Å². The lowest BCUT2D eigenvalue weighted by Crippen LogP contribution is -2.15. The molecule has 0 spiro atoms. The lowest BCUT2D eigenvalue weighted by atomic mass is 10.1. The SMILES string of the molecule is Cc1c(C(=O)OCC(=O)c2ccccc2F)sc2cccc(F)c12. The Hall–Kier alpha value is -2.60. The minimum absolute atomic E-state index is 0.135. The van der Waals surface area contributed by atoms with Crippen LogP contribution in [0.4, 0.5) is 8.78 Å². The molecular formula is C18H12F2O3S. The van der Waals surface area contributed by atoms with Gasteiger partial charge >= 0.3 is 5.97 Å². The van der Waals surface area contributed by atoms with Crippen molar-refractivity contribution in [3.63, 3.8) is 0 Å². The van der Waals surface area contributed by atoms with Gasteiger partial charge < -0.3 is 4.74 Å². The third-order valence-corrected chi connectivity index (χ3v) is 4.83. The van der Waals surface area contributed by atoms with E-state index in [4.69, 9.17) is 4.74 Å². The Labute approximate surface area is 140 Å². The number of hydrogen-bond acceptors (Lipinski definition) is 4. The van der Waals surface area contributed by atoms with Crippen LogP contribution < -0.4 is 0 Å². The number of esters is 1. The quantitative estimate of drug-likeness (QED) is 0.515. The Kier molecular flexibility index (Phi) is 4.40. The Morgan fingerprint density at radius 3 is 2.46 bits per heavy atom. The maximum Gasteiger partial charge on any atom is 0.349 e. The minimum atomic E-state index is -0.724. The second-order valence-corrected chi connectivity index (χ2v) is 6.20. The Morgan fingerprint density at radius 2 is 1.75 bits per heavy atom. The fourth-order valence-corrected chi connectivity index (χ4v) is 3.53. The fourth-order valence-electron chi connectivity index (χ4n) is 2.41. The normalized spacial score (nSPS) is 10.8. The van der Waals surface area contributed by atoms with Crippen LogP contribution in [0.3, 0.4) is 0 Å². The van der Waals surface area contributed by atoms with Crippen LogP contribution in [0.25, 0.3) is 10.1 Å².